The molecule has 2 aromatic heterocycles. The molecule has 0 saturated carbocycles. The Kier molecular flexibility index (Phi) is 4.69. The molecule has 4 aromatic rings. The zero-order chi connectivity index (χ0) is 19.7. The molecule has 0 atom stereocenters. The smallest absolute Gasteiger partial charge is 0.262 e. The second-order valence-corrected chi connectivity index (χ2v) is 7.25. The summed E-state index contributed by atoms with van der Waals surface area (Å²) in [7, 11) is 2.00. The van der Waals surface area contributed by atoms with Crippen molar-refractivity contribution in [1.29, 1.82) is 0 Å². The molecule has 0 radical (unpaired) electrons. The average Bonchev–Trinajstić information content (AvgIpc) is 3.13. The lowest BCUT2D eigenvalue weighted by Gasteiger charge is -2.20. The fourth-order valence-corrected chi connectivity index (χ4v) is 3.23. The Bertz CT molecular complexity index is 1160. The first-order chi connectivity index (χ1) is 13.5. The van der Waals surface area contributed by atoms with Crippen LogP contribution in [0.5, 0.6) is 0 Å². The van der Waals surface area contributed by atoms with Crippen LogP contribution in [0.25, 0.3) is 16.7 Å². The summed E-state index contributed by atoms with van der Waals surface area (Å²) < 4.78 is 1.70. The SMILES string of the molecule is CC(C)c1cccc(N(C)Cc2nc3c(cnn3-c3ccccc3)c(=O)[nH]2)c1. The molecule has 0 aliphatic heterocycles. The number of aromatic nitrogens is 4. The third-order valence-electron chi connectivity index (χ3n) is 4.85. The molecule has 0 aliphatic carbocycles. The van der Waals surface area contributed by atoms with E-state index in [1.54, 1.807) is 10.9 Å². The lowest BCUT2D eigenvalue weighted by molar-refractivity contribution is 0.820. The van der Waals surface area contributed by atoms with E-state index >= 15 is 0 Å². The number of nitrogens with zero attached hydrogens (tertiary/aromatic N) is 4. The Morgan fingerprint density at radius 3 is 2.64 bits per heavy atom. The molecule has 0 unspecified atom stereocenters. The number of rotatable bonds is 5. The third-order valence-corrected chi connectivity index (χ3v) is 4.85. The van der Waals surface area contributed by atoms with Crippen LogP contribution >= 0.6 is 0 Å². The summed E-state index contributed by atoms with van der Waals surface area (Å²) in [5.41, 5.74) is 3.63. The maximum Gasteiger partial charge on any atom is 0.262 e. The Hall–Kier alpha value is -3.41. The van der Waals surface area contributed by atoms with E-state index in [-0.39, 0.29) is 5.56 Å². The minimum Gasteiger partial charge on any atom is -0.367 e. The van der Waals surface area contributed by atoms with E-state index in [2.05, 4.69) is 53.1 Å². The quantitative estimate of drug-likeness (QED) is 0.577. The summed E-state index contributed by atoms with van der Waals surface area (Å²) in [6.07, 6.45) is 1.56. The Morgan fingerprint density at radius 2 is 1.89 bits per heavy atom. The maximum atomic E-state index is 12.5. The molecule has 0 amide bonds. The Labute approximate surface area is 163 Å². The number of aromatic amines is 1. The van der Waals surface area contributed by atoms with Crippen molar-refractivity contribution in [3.63, 3.8) is 0 Å². The van der Waals surface area contributed by atoms with Gasteiger partial charge in [-0.2, -0.15) is 5.10 Å². The number of hydrogen-bond acceptors (Lipinski definition) is 4. The Balaban J connectivity index is 1.70. The molecule has 0 bridgehead atoms. The van der Waals surface area contributed by atoms with E-state index in [0.29, 0.717) is 29.3 Å². The van der Waals surface area contributed by atoms with Crippen LogP contribution < -0.4 is 10.5 Å². The van der Waals surface area contributed by atoms with Gasteiger partial charge in [0.15, 0.2) is 5.65 Å². The van der Waals surface area contributed by atoms with E-state index in [9.17, 15) is 4.79 Å². The van der Waals surface area contributed by atoms with Gasteiger partial charge in [0, 0.05) is 12.7 Å². The number of anilines is 1. The van der Waals surface area contributed by atoms with Crippen molar-refractivity contribution >= 4 is 16.7 Å². The van der Waals surface area contributed by atoms with Crippen molar-refractivity contribution in [2.75, 3.05) is 11.9 Å². The van der Waals surface area contributed by atoms with E-state index in [1.165, 1.54) is 5.56 Å². The molecule has 1 N–H and O–H groups in total. The summed E-state index contributed by atoms with van der Waals surface area (Å²) in [5, 5.41) is 4.84. The molecule has 2 heterocycles. The van der Waals surface area contributed by atoms with Crippen LogP contribution in [0.1, 0.15) is 31.2 Å². The third kappa shape index (κ3) is 3.41. The summed E-state index contributed by atoms with van der Waals surface area (Å²) in [6.45, 7) is 4.85. The summed E-state index contributed by atoms with van der Waals surface area (Å²) in [4.78, 5) is 22.2. The summed E-state index contributed by atoms with van der Waals surface area (Å²) in [5.74, 6) is 1.07. The standard InChI is InChI=1S/C22H23N5O/c1-15(2)16-8-7-11-18(12-16)26(3)14-20-24-21-19(22(28)25-20)13-23-27(21)17-9-5-4-6-10-17/h4-13,15H,14H2,1-3H3,(H,24,25,28). The van der Waals surface area contributed by atoms with Gasteiger partial charge >= 0.3 is 0 Å². The summed E-state index contributed by atoms with van der Waals surface area (Å²) >= 11 is 0. The van der Waals surface area contributed by atoms with Crippen LogP contribution in [-0.2, 0) is 6.54 Å². The van der Waals surface area contributed by atoms with Crippen molar-refractivity contribution in [3.8, 4) is 5.69 Å². The van der Waals surface area contributed by atoms with E-state index < -0.39 is 0 Å². The van der Waals surface area contributed by atoms with Gasteiger partial charge in [0.05, 0.1) is 18.4 Å². The van der Waals surface area contributed by atoms with Crippen LogP contribution in [0.15, 0.2) is 65.6 Å². The molecule has 2 aromatic carbocycles. The predicted molar refractivity (Wildman–Crippen MR) is 112 cm³/mol. The van der Waals surface area contributed by atoms with Crippen molar-refractivity contribution < 1.29 is 0 Å². The molecular formula is C22H23N5O. The molecule has 0 spiro atoms. The van der Waals surface area contributed by atoms with Gasteiger partial charge in [0.2, 0.25) is 0 Å². The highest BCUT2D eigenvalue weighted by Crippen LogP contribution is 2.22. The van der Waals surface area contributed by atoms with Gasteiger partial charge < -0.3 is 9.88 Å². The molecule has 142 valence electrons. The molecular weight excluding hydrogens is 350 g/mol. The number of fused-ring (bicyclic) bond motifs is 1. The first-order valence-electron chi connectivity index (χ1n) is 9.36. The normalized spacial score (nSPS) is 11.3. The van der Waals surface area contributed by atoms with Crippen LogP contribution in [-0.4, -0.2) is 26.8 Å². The van der Waals surface area contributed by atoms with Gasteiger partial charge in [-0.15, -0.1) is 0 Å². The van der Waals surface area contributed by atoms with E-state index in [1.807, 2.05) is 37.4 Å². The topological polar surface area (TPSA) is 66.8 Å². The zero-order valence-electron chi connectivity index (χ0n) is 16.3. The van der Waals surface area contributed by atoms with Crippen molar-refractivity contribution in [1.82, 2.24) is 19.7 Å². The molecule has 0 saturated heterocycles. The molecule has 0 fully saturated rings. The van der Waals surface area contributed by atoms with Gasteiger partial charge in [-0.1, -0.05) is 44.2 Å². The number of para-hydroxylation sites is 1. The minimum absolute atomic E-state index is 0.175. The lowest BCUT2D eigenvalue weighted by Crippen LogP contribution is -2.22. The first kappa shape index (κ1) is 18.0. The van der Waals surface area contributed by atoms with Crippen LogP contribution in [0, 0.1) is 0 Å². The predicted octanol–water partition coefficient (Wildman–Crippen LogP) is 3.87. The highest BCUT2D eigenvalue weighted by atomic mass is 16.1. The zero-order valence-corrected chi connectivity index (χ0v) is 16.3. The molecule has 6 nitrogen and oxygen atoms in total. The first-order valence-corrected chi connectivity index (χ1v) is 9.36. The maximum absolute atomic E-state index is 12.5. The lowest BCUT2D eigenvalue weighted by atomic mass is 10.0. The van der Waals surface area contributed by atoms with Gasteiger partial charge in [-0.25, -0.2) is 9.67 Å². The van der Waals surface area contributed by atoms with Crippen LogP contribution in [0.2, 0.25) is 0 Å². The van der Waals surface area contributed by atoms with Gasteiger partial charge in [-0.05, 0) is 35.7 Å². The highest BCUT2D eigenvalue weighted by molar-refractivity contribution is 5.75. The average molecular weight is 373 g/mol. The van der Waals surface area contributed by atoms with E-state index in [0.717, 1.165) is 11.4 Å². The largest absolute Gasteiger partial charge is 0.367 e. The molecule has 0 aliphatic rings. The molecule has 4 rings (SSSR count). The Morgan fingerprint density at radius 1 is 1.11 bits per heavy atom. The number of H-pyrrole nitrogens is 1. The van der Waals surface area contributed by atoms with Crippen LogP contribution in [0.3, 0.4) is 0 Å². The fraction of sp³-hybridized carbons (Fsp3) is 0.227. The molecule has 28 heavy (non-hydrogen) atoms. The van der Waals surface area contributed by atoms with E-state index in [4.69, 9.17) is 4.98 Å². The number of benzene rings is 2. The minimum atomic E-state index is -0.175. The van der Waals surface area contributed by atoms with Gasteiger partial charge in [-0.3, -0.25) is 4.79 Å². The summed E-state index contributed by atoms with van der Waals surface area (Å²) in [6, 6.07) is 18.1. The molecule has 6 heteroatoms. The monoisotopic (exact) mass is 373 g/mol. The number of hydrogen-bond donors (Lipinski definition) is 1. The van der Waals surface area contributed by atoms with Crippen molar-refractivity contribution in [2.45, 2.75) is 26.3 Å². The van der Waals surface area contributed by atoms with Crippen molar-refractivity contribution in [2.24, 2.45) is 0 Å². The fourth-order valence-electron chi connectivity index (χ4n) is 3.23. The highest BCUT2D eigenvalue weighted by Gasteiger charge is 2.13. The second-order valence-electron chi connectivity index (χ2n) is 7.25. The van der Waals surface area contributed by atoms with Gasteiger partial charge in [0.1, 0.15) is 11.2 Å². The van der Waals surface area contributed by atoms with Gasteiger partial charge in [0.25, 0.3) is 5.56 Å². The number of nitrogens with one attached hydrogen (secondary N) is 1. The van der Waals surface area contributed by atoms with Crippen molar-refractivity contribution in [3.05, 3.63) is 82.5 Å². The van der Waals surface area contributed by atoms with Crippen LogP contribution in [0.4, 0.5) is 5.69 Å². The second kappa shape index (κ2) is 7.31.